The summed E-state index contributed by atoms with van der Waals surface area (Å²) in [5, 5.41) is 0. The molecule has 0 N–H and O–H groups in total. The van der Waals surface area contributed by atoms with E-state index in [1.807, 2.05) is 0 Å². The molecule has 0 amide bonds. The van der Waals surface area contributed by atoms with Crippen LogP contribution in [0, 0.1) is 23.2 Å². The largest absolute Gasteiger partial charge is 0.298 e. The Morgan fingerprint density at radius 2 is 1.53 bits per heavy atom. The van der Waals surface area contributed by atoms with E-state index in [9.17, 15) is 0 Å². The quantitative estimate of drug-likeness (QED) is 0.661. The fraction of sp³-hybridized carbons (Fsp3) is 1.00. The Hall–Kier alpha value is -0.0400. The molecule has 0 aliphatic carbocycles. The highest BCUT2D eigenvalue weighted by Crippen LogP contribution is 2.45. The molecule has 1 heteroatoms. The maximum Gasteiger partial charge on any atom is 0.00727 e. The standard InChI is InChI=1S/C18H37N/c1-9-14(4)18(7,8)17-10-15(5)19(12-13(2)3)16(6)11-17/h13-17H,9-12H2,1-8H3. The maximum atomic E-state index is 2.74. The van der Waals surface area contributed by atoms with Gasteiger partial charge in [0, 0.05) is 18.6 Å². The molecule has 0 aromatic heterocycles. The summed E-state index contributed by atoms with van der Waals surface area (Å²) in [5.74, 6) is 2.49. The zero-order valence-electron chi connectivity index (χ0n) is 14.7. The SMILES string of the molecule is CCC(C)C(C)(C)C1CC(C)N(CC(C)C)C(C)C1. The molecule has 1 saturated heterocycles. The predicted octanol–water partition coefficient (Wildman–Crippen LogP) is 5.20. The van der Waals surface area contributed by atoms with Gasteiger partial charge in [0.1, 0.15) is 0 Å². The lowest BCUT2D eigenvalue weighted by Crippen LogP contribution is -2.51. The van der Waals surface area contributed by atoms with E-state index in [0.717, 1.165) is 29.8 Å². The summed E-state index contributed by atoms with van der Waals surface area (Å²) < 4.78 is 0. The van der Waals surface area contributed by atoms with Crippen molar-refractivity contribution in [3.8, 4) is 0 Å². The molecular weight excluding hydrogens is 230 g/mol. The first kappa shape index (κ1) is 17.0. The number of rotatable bonds is 5. The topological polar surface area (TPSA) is 3.24 Å². The van der Waals surface area contributed by atoms with Gasteiger partial charge in [-0.1, -0.05) is 48.0 Å². The van der Waals surface area contributed by atoms with E-state index in [-0.39, 0.29) is 0 Å². The number of hydrogen-bond acceptors (Lipinski definition) is 1. The third-order valence-corrected chi connectivity index (χ3v) is 5.89. The molecule has 0 saturated carbocycles. The van der Waals surface area contributed by atoms with Crippen LogP contribution in [0.2, 0.25) is 0 Å². The highest BCUT2D eigenvalue weighted by molar-refractivity contribution is 4.92. The summed E-state index contributed by atoms with van der Waals surface area (Å²) in [6, 6.07) is 1.50. The van der Waals surface area contributed by atoms with Gasteiger partial charge in [0.15, 0.2) is 0 Å². The van der Waals surface area contributed by atoms with Crippen molar-refractivity contribution < 1.29 is 0 Å². The van der Waals surface area contributed by atoms with Gasteiger partial charge in [-0.25, -0.2) is 0 Å². The average molecular weight is 268 g/mol. The minimum atomic E-state index is 0.487. The number of piperidine rings is 1. The van der Waals surface area contributed by atoms with Crippen molar-refractivity contribution in [3.63, 3.8) is 0 Å². The van der Waals surface area contributed by atoms with Crippen LogP contribution >= 0.6 is 0 Å². The second-order valence-electron chi connectivity index (χ2n) is 8.09. The molecule has 3 atom stereocenters. The Balaban J connectivity index is 2.74. The summed E-state index contributed by atoms with van der Waals surface area (Å²) in [7, 11) is 0. The zero-order valence-corrected chi connectivity index (χ0v) is 14.7. The van der Waals surface area contributed by atoms with Gasteiger partial charge < -0.3 is 0 Å². The first-order valence-electron chi connectivity index (χ1n) is 8.45. The fourth-order valence-corrected chi connectivity index (χ4v) is 3.94. The third-order valence-electron chi connectivity index (χ3n) is 5.89. The average Bonchev–Trinajstić information content (AvgIpc) is 2.31. The van der Waals surface area contributed by atoms with E-state index in [2.05, 4.69) is 60.3 Å². The number of likely N-dealkylation sites (tertiary alicyclic amines) is 1. The molecule has 0 radical (unpaired) electrons. The van der Waals surface area contributed by atoms with Gasteiger partial charge in [-0.15, -0.1) is 0 Å². The minimum Gasteiger partial charge on any atom is -0.298 e. The number of hydrogen-bond donors (Lipinski definition) is 0. The number of nitrogens with zero attached hydrogens (tertiary/aromatic N) is 1. The predicted molar refractivity (Wildman–Crippen MR) is 86.4 cm³/mol. The van der Waals surface area contributed by atoms with E-state index < -0.39 is 0 Å². The van der Waals surface area contributed by atoms with Crippen molar-refractivity contribution >= 4 is 0 Å². The fourth-order valence-electron chi connectivity index (χ4n) is 3.94. The summed E-state index contributed by atoms with van der Waals surface area (Å²) in [6.45, 7) is 20.6. The van der Waals surface area contributed by atoms with Crippen LogP contribution in [0.25, 0.3) is 0 Å². The van der Waals surface area contributed by atoms with Crippen LogP contribution in [0.4, 0.5) is 0 Å². The Morgan fingerprint density at radius 3 is 1.89 bits per heavy atom. The highest BCUT2D eigenvalue weighted by Gasteiger charge is 2.40. The lowest BCUT2D eigenvalue weighted by molar-refractivity contribution is -0.00491. The second kappa shape index (κ2) is 6.61. The normalized spacial score (nSPS) is 31.7. The van der Waals surface area contributed by atoms with Crippen LogP contribution in [0.1, 0.15) is 74.7 Å². The molecule has 1 nitrogen and oxygen atoms in total. The van der Waals surface area contributed by atoms with Crippen molar-refractivity contribution in [1.29, 1.82) is 0 Å². The lowest BCUT2D eigenvalue weighted by Gasteiger charge is -2.50. The minimum absolute atomic E-state index is 0.487. The molecule has 0 aromatic carbocycles. The molecule has 19 heavy (non-hydrogen) atoms. The van der Waals surface area contributed by atoms with Crippen LogP contribution in [0.15, 0.2) is 0 Å². The molecular formula is C18H37N. The second-order valence-corrected chi connectivity index (χ2v) is 8.09. The first-order chi connectivity index (χ1) is 8.70. The van der Waals surface area contributed by atoms with E-state index in [4.69, 9.17) is 0 Å². The lowest BCUT2D eigenvalue weighted by atomic mass is 9.64. The van der Waals surface area contributed by atoms with E-state index >= 15 is 0 Å². The maximum absolute atomic E-state index is 2.74. The van der Waals surface area contributed by atoms with Gasteiger partial charge >= 0.3 is 0 Å². The summed E-state index contributed by atoms with van der Waals surface area (Å²) >= 11 is 0. The van der Waals surface area contributed by atoms with Gasteiger partial charge in [0.2, 0.25) is 0 Å². The van der Waals surface area contributed by atoms with Gasteiger partial charge in [0.05, 0.1) is 0 Å². The monoisotopic (exact) mass is 267 g/mol. The molecule has 1 aliphatic rings. The van der Waals surface area contributed by atoms with Crippen LogP contribution in [-0.2, 0) is 0 Å². The van der Waals surface area contributed by atoms with Crippen molar-refractivity contribution in [2.45, 2.75) is 86.7 Å². The molecule has 114 valence electrons. The zero-order chi connectivity index (χ0) is 14.8. The molecule has 3 unspecified atom stereocenters. The summed E-state index contributed by atoms with van der Waals surface area (Å²) in [5.41, 5.74) is 0.487. The van der Waals surface area contributed by atoms with Crippen molar-refractivity contribution in [2.75, 3.05) is 6.54 Å². The molecule has 0 spiro atoms. The Bertz CT molecular complexity index is 257. The van der Waals surface area contributed by atoms with E-state index in [0.29, 0.717) is 5.41 Å². The van der Waals surface area contributed by atoms with Gasteiger partial charge in [-0.2, -0.15) is 0 Å². The van der Waals surface area contributed by atoms with Crippen molar-refractivity contribution in [3.05, 3.63) is 0 Å². The molecule has 1 fully saturated rings. The molecule has 0 aromatic rings. The Morgan fingerprint density at radius 1 is 1.05 bits per heavy atom. The van der Waals surface area contributed by atoms with Crippen molar-refractivity contribution in [2.24, 2.45) is 23.2 Å². The third kappa shape index (κ3) is 3.97. The molecule has 0 bridgehead atoms. The van der Waals surface area contributed by atoms with E-state index in [1.165, 1.54) is 25.8 Å². The first-order valence-corrected chi connectivity index (χ1v) is 8.45. The van der Waals surface area contributed by atoms with Crippen LogP contribution in [0.5, 0.6) is 0 Å². The van der Waals surface area contributed by atoms with Crippen LogP contribution in [0.3, 0.4) is 0 Å². The molecule has 1 aliphatic heterocycles. The van der Waals surface area contributed by atoms with Crippen LogP contribution in [-0.4, -0.2) is 23.5 Å². The van der Waals surface area contributed by atoms with Crippen LogP contribution < -0.4 is 0 Å². The summed E-state index contributed by atoms with van der Waals surface area (Å²) in [4.78, 5) is 2.74. The van der Waals surface area contributed by atoms with Gasteiger partial charge in [0.25, 0.3) is 0 Å². The smallest absolute Gasteiger partial charge is 0.00727 e. The summed E-state index contributed by atoms with van der Waals surface area (Å²) in [6.07, 6.45) is 4.07. The molecule has 1 rings (SSSR count). The van der Waals surface area contributed by atoms with Crippen molar-refractivity contribution in [1.82, 2.24) is 4.90 Å². The Labute approximate surface area is 122 Å². The highest BCUT2D eigenvalue weighted by atomic mass is 15.2. The Kier molecular flexibility index (Phi) is 5.92. The van der Waals surface area contributed by atoms with Gasteiger partial charge in [-0.3, -0.25) is 4.90 Å². The van der Waals surface area contributed by atoms with E-state index in [1.54, 1.807) is 0 Å². The molecule has 1 heterocycles. The van der Waals surface area contributed by atoms with Gasteiger partial charge in [-0.05, 0) is 49.9 Å².